The largest absolute Gasteiger partial charge is 0.389 e. The van der Waals surface area contributed by atoms with Gasteiger partial charge in [-0.05, 0) is 64.7 Å². The highest BCUT2D eigenvalue weighted by atomic mass is 16.3. The molecule has 0 saturated heterocycles. The lowest BCUT2D eigenvalue weighted by molar-refractivity contribution is 0.102. The van der Waals surface area contributed by atoms with Crippen LogP contribution in [0.2, 0.25) is 0 Å². The van der Waals surface area contributed by atoms with Crippen molar-refractivity contribution in [3.63, 3.8) is 0 Å². The van der Waals surface area contributed by atoms with E-state index in [0.29, 0.717) is 18.3 Å². The van der Waals surface area contributed by atoms with Crippen LogP contribution in [0.5, 0.6) is 0 Å². The van der Waals surface area contributed by atoms with Gasteiger partial charge in [0.05, 0.1) is 11.7 Å². The van der Waals surface area contributed by atoms with Gasteiger partial charge in [0.15, 0.2) is 0 Å². The molecule has 2 nitrogen and oxygen atoms in total. The van der Waals surface area contributed by atoms with Crippen molar-refractivity contribution in [1.29, 1.82) is 0 Å². The maximum absolute atomic E-state index is 10.5. The van der Waals surface area contributed by atoms with E-state index in [1.54, 1.807) is 0 Å². The molecular weight excluding hydrogens is 272 g/mol. The Morgan fingerprint density at radius 3 is 2.55 bits per heavy atom. The van der Waals surface area contributed by atoms with E-state index in [1.165, 1.54) is 11.1 Å². The van der Waals surface area contributed by atoms with Crippen molar-refractivity contribution in [2.75, 3.05) is 0 Å². The zero-order chi connectivity index (χ0) is 16.8. The van der Waals surface area contributed by atoms with Crippen LogP contribution in [0, 0.1) is 11.8 Å². The number of allylic oxidation sites excluding steroid dienone is 3. The van der Waals surface area contributed by atoms with E-state index in [1.807, 2.05) is 19.1 Å². The Balaban J connectivity index is 2.95. The van der Waals surface area contributed by atoms with Crippen LogP contribution in [0.3, 0.4) is 0 Å². The van der Waals surface area contributed by atoms with Crippen molar-refractivity contribution < 1.29 is 10.2 Å². The van der Waals surface area contributed by atoms with Crippen molar-refractivity contribution in [3.05, 3.63) is 35.5 Å². The van der Waals surface area contributed by atoms with Gasteiger partial charge in [0.1, 0.15) is 0 Å². The van der Waals surface area contributed by atoms with Gasteiger partial charge in [-0.2, -0.15) is 0 Å². The molecule has 0 heterocycles. The molecule has 1 aliphatic rings. The fraction of sp³-hybridized carbons (Fsp3) is 0.700. The quantitative estimate of drug-likeness (QED) is 0.684. The monoisotopic (exact) mass is 306 g/mol. The number of aliphatic hydroxyl groups is 2. The molecule has 0 spiro atoms. The van der Waals surface area contributed by atoms with Crippen LogP contribution in [-0.2, 0) is 0 Å². The molecule has 3 atom stereocenters. The molecule has 2 N–H and O–H groups in total. The number of rotatable bonds is 1. The minimum Gasteiger partial charge on any atom is -0.389 e. The smallest absolute Gasteiger partial charge is 0.0802 e. The highest BCUT2D eigenvalue weighted by Crippen LogP contribution is 2.25. The van der Waals surface area contributed by atoms with Crippen LogP contribution in [0.1, 0.15) is 66.7 Å². The fourth-order valence-electron chi connectivity index (χ4n) is 2.96. The predicted octanol–water partition coefficient (Wildman–Crippen LogP) is 4.78. The first-order chi connectivity index (χ1) is 10.2. The second kappa shape index (κ2) is 8.69. The Kier molecular flexibility index (Phi) is 7.58. The first-order valence-electron chi connectivity index (χ1n) is 8.62. The summed E-state index contributed by atoms with van der Waals surface area (Å²) in [5.41, 5.74) is 1.69. The Hall–Kier alpha value is -0.860. The summed E-state index contributed by atoms with van der Waals surface area (Å²) in [5.74, 6) is 1.02. The van der Waals surface area contributed by atoms with E-state index in [-0.39, 0.29) is 0 Å². The molecule has 0 bridgehead atoms. The van der Waals surface area contributed by atoms with E-state index in [9.17, 15) is 10.2 Å². The first kappa shape index (κ1) is 19.2. The minimum atomic E-state index is -0.752. The van der Waals surface area contributed by atoms with Gasteiger partial charge in [-0.15, -0.1) is 0 Å². The lowest BCUT2D eigenvalue weighted by atomic mass is 9.87. The van der Waals surface area contributed by atoms with Crippen LogP contribution < -0.4 is 0 Å². The first-order valence-corrected chi connectivity index (χ1v) is 8.62. The van der Waals surface area contributed by atoms with Gasteiger partial charge in [0.25, 0.3) is 0 Å². The molecule has 0 aliphatic heterocycles. The zero-order valence-corrected chi connectivity index (χ0v) is 15.0. The maximum Gasteiger partial charge on any atom is 0.0802 e. The molecule has 0 saturated carbocycles. The van der Waals surface area contributed by atoms with Crippen LogP contribution >= 0.6 is 0 Å². The lowest BCUT2D eigenvalue weighted by Gasteiger charge is -2.22. The molecular formula is C20H34O2. The van der Waals surface area contributed by atoms with E-state index in [2.05, 4.69) is 39.8 Å². The molecule has 0 fully saturated rings. The van der Waals surface area contributed by atoms with Gasteiger partial charge in [-0.25, -0.2) is 0 Å². The Morgan fingerprint density at radius 2 is 1.91 bits per heavy atom. The number of hydrogen-bond acceptors (Lipinski definition) is 2. The van der Waals surface area contributed by atoms with Crippen LogP contribution in [0.15, 0.2) is 35.5 Å². The van der Waals surface area contributed by atoms with Crippen molar-refractivity contribution in [2.45, 2.75) is 78.4 Å². The summed E-state index contributed by atoms with van der Waals surface area (Å²) in [6.07, 6.45) is 12.2. The number of aliphatic hydroxyl groups excluding tert-OH is 1. The molecule has 0 unspecified atom stereocenters. The summed E-state index contributed by atoms with van der Waals surface area (Å²) in [6.45, 7) is 10.5. The minimum absolute atomic E-state index is 0.396. The average molecular weight is 306 g/mol. The predicted molar refractivity (Wildman–Crippen MR) is 94.7 cm³/mol. The van der Waals surface area contributed by atoms with Crippen LogP contribution in [0.4, 0.5) is 0 Å². The summed E-state index contributed by atoms with van der Waals surface area (Å²) in [4.78, 5) is 0. The van der Waals surface area contributed by atoms with Gasteiger partial charge >= 0.3 is 0 Å². The summed E-state index contributed by atoms with van der Waals surface area (Å²) >= 11 is 0. The molecule has 0 aromatic carbocycles. The van der Waals surface area contributed by atoms with Crippen molar-refractivity contribution >= 4 is 0 Å². The maximum atomic E-state index is 10.5. The SMILES string of the molecule is C/C1=C/CC[C@@](C)(O)/C=C/[C@H](C(C)C)CC/C(C)=C/[C@@H](O)C1. The lowest BCUT2D eigenvalue weighted by Crippen LogP contribution is -2.21. The molecule has 0 aromatic heterocycles. The normalized spacial score (nSPS) is 38.5. The summed E-state index contributed by atoms with van der Waals surface area (Å²) in [6, 6.07) is 0. The molecule has 126 valence electrons. The van der Waals surface area contributed by atoms with E-state index < -0.39 is 11.7 Å². The summed E-state index contributed by atoms with van der Waals surface area (Å²) in [5, 5.41) is 20.7. The average Bonchev–Trinajstić information content (AvgIpc) is 2.36. The van der Waals surface area contributed by atoms with Crippen molar-refractivity contribution in [2.24, 2.45) is 11.8 Å². The van der Waals surface area contributed by atoms with Gasteiger partial charge in [-0.1, -0.05) is 49.3 Å². The summed E-state index contributed by atoms with van der Waals surface area (Å²) < 4.78 is 0. The van der Waals surface area contributed by atoms with Crippen LogP contribution in [0.25, 0.3) is 0 Å². The van der Waals surface area contributed by atoms with Gasteiger partial charge in [0, 0.05) is 0 Å². The van der Waals surface area contributed by atoms with Gasteiger partial charge in [0.2, 0.25) is 0 Å². The van der Waals surface area contributed by atoms with Gasteiger partial charge in [-0.3, -0.25) is 0 Å². The zero-order valence-electron chi connectivity index (χ0n) is 15.0. The Labute approximate surface area is 136 Å². The van der Waals surface area contributed by atoms with Crippen LogP contribution in [-0.4, -0.2) is 21.9 Å². The molecule has 0 aromatic rings. The third-order valence-electron chi connectivity index (χ3n) is 4.58. The molecule has 2 heteroatoms. The van der Waals surface area contributed by atoms with E-state index in [0.717, 1.165) is 25.7 Å². The molecule has 0 radical (unpaired) electrons. The topological polar surface area (TPSA) is 40.5 Å². The molecule has 0 amide bonds. The molecule has 22 heavy (non-hydrogen) atoms. The standard InChI is InChI=1S/C20H34O2/c1-15(2)18-9-8-17(4)14-19(21)13-16(3)7-6-11-20(5,22)12-10-18/h7,10,12,14-15,18-19,21-22H,6,8-9,11,13H2,1-5H3/b12-10+,16-7-,17-14+/t18-,19+,20-/m1/s1. The third kappa shape index (κ3) is 7.42. The van der Waals surface area contributed by atoms with Crippen molar-refractivity contribution in [3.8, 4) is 0 Å². The molecule has 1 rings (SSSR count). The highest BCUT2D eigenvalue weighted by molar-refractivity contribution is 5.10. The Bertz CT molecular complexity index is 427. The van der Waals surface area contributed by atoms with E-state index in [4.69, 9.17) is 0 Å². The second-order valence-corrected chi connectivity index (χ2v) is 7.54. The number of hydrogen-bond donors (Lipinski definition) is 2. The fourth-order valence-corrected chi connectivity index (χ4v) is 2.96. The van der Waals surface area contributed by atoms with Gasteiger partial charge < -0.3 is 10.2 Å². The van der Waals surface area contributed by atoms with Crippen molar-refractivity contribution in [1.82, 2.24) is 0 Å². The van der Waals surface area contributed by atoms with E-state index >= 15 is 0 Å². The Morgan fingerprint density at radius 1 is 1.23 bits per heavy atom. The second-order valence-electron chi connectivity index (χ2n) is 7.54. The third-order valence-corrected chi connectivity index (χ3v) is 4.58. The molecule has 1 aliphatic carbocycles. The summed E-state index contributed by atoms with van der Waals surface area (Å²) in [7, 11) is 0. The highest BCUT2D eigenvalue weighted by Gasteiger charge is 2.18.